The molecule has 1 aromatic heterocycles. The number of benzene rings is 3. The summed E-state index contributed by atoms with van der Waals surface area (Å²) in [6.45, 7) is 2.55. The van der Waals surface area contributed by atoms with E-state index in [0.717, 1.165) is 50.9 Å². The quantitative estimate of drug-likeness (QED) is 0.151. The molecule has 0 bridgehead atoms. The summed E-state index contributed by atoms with van der Waals surface area (Å²) in [6.07, 6.45) is 3.57. The predicted octanol–water partition coefficient (Wildman–Crippen LogP) is 7.40. The summed E-state index contributed by atoms with van der Waals surface area (Å²) in [5.41, 5.74) is 3.10. The molecule has 174 valence electrons. The Kier molecular flexibility index (Phi) is 8.79. The molecule has 0 aliphatic rings. The van der Waals surface area contributed by atoms with Crippen LogP contribution in [-0.4, -0.2) is 21.1 Å². The lowest BCUT2D eigenvalue weighted by Crippen LogP contribution is -2.02. The summed E-state index contributed by atoms with van der Waals surface area (Å²) in [6, 6.07) is 23.8. The Labute approximate surface area is 217 Å². The Morgan fingerprint density at radius 3 is 2.65 bits per heavy atom. The van der Waals surface area contributed by atoms with Crippen LogP contribution in [-0.2, 0) is 18.8 Å². The molecule has 5 nitrogen and oxygen atoms in total. The number of para-hydroxylation sites is 1. The fourth-order valence-corrected chi connectivity index (χ4v) is 4.57. The molecule has 0 N–H and O–H groups in total. The number of hydrogen-bond donors (Lipinski definition) is 0. The summed E-state index contributed by atoms with van der Waals surface area (Å²) in [7, 11) is 0. The standard InChI is InChI=1S/C26H24BrClN4OS/c1-2-6-25-30-31-26(34-18-19-11-13-22(27)14-12-19)32(25)29-16-21-8-3-4-10-24(21)33-17-20-7-5-9-23(28)15-20/h3-5,7-16H,2,6,17-18H2,1H3/b29-16+. The minimum Gasteiger partial charge on any atom is -0.488 e. The van der Waals surface area contributed by atoms with Gasteiger partial charge in [0, 0.05) is 27.2 Å². The molecule has 3 aromatic carbocycles. The Bertz CT molecular complexity index is 1260. The van der Waals surface area contributed by atoms with Crippen LogP contribution < -0.4 is 4.74 Å². The van der Waals surface area contributed by atoms with Gasteiger partial charge in [-0.1, -0.05) is 82.6 Å². The van der Waals surface area contributed by atoms with Crippen molar-refractivity contribution in [1.29, 1.82) is 0 Å². The SMILES string of the molecule is CCCc1nnc(SCc2ccc(Br)cc2)n1/N=C/c1ccccc1OCc1cccc(Cl)c1. The Morgan fingerprint density at radius 2 is 1.85 bits per heavy atom. The van der Waals surface area contributed by atoms with Crippen molar-refractivity contribution in [3.8, 4) is 5.75 Å². The summed E-state index contributed by atoms with van der Waals surface area (Å²) < 4.78 is 8.97. The first-order valence-electron chi connectivity index (χ1n) is 10.9. The van der Waals surface area contributed by atoms with Gasteiger partial charge in [0.1, 0.15) is 12.4 Å². The normalized spacial score (nSPS) is 11.3. The van der Waals surface area contributed by atoms with Gasteiger partial charge in [0.05, 0.1) is 6.21 Å². The van der Waals surface area contributed by atoms with E-state index >= 15 is 0 Å². The van der Waals surface area contributed by atoms with Crippen molar-refractivity contribution >= 4 is 45.5 Å². The fourth-order valence-electron chi connectivity index (χ4n) is 3.24. The highest BCUT2D eigenvalue weighted by Crippen LogP contribution is 2.24. The largest absolute Gasteiger partial charge is 0.488 e. The molecule has 34 heavy (non-hydrogen) atoms. The monoisotopic (exact) mass is 554 g/mol. The van der Waals surface area contributed by atoms with Crippen LogP contribution in [0.4, 0.5) is 0 Å². The highest BCUT2D eigenvalue weighted by molar-refractivity contribution is 9.10. The second-order valence-electron chi connectivity index (χ2n) is 7.58. The molecule has 0 saturated carbocycles. The molecule has 0 radical (unpaired) electrons. The van der Waals surface area contributed by atoms with Crippen LogP contribution in [0.1, 0.15) is 35.9 Å². The van der Waals surface area contributed by atoms with E-state index in [9.17, 15) is 0 Å². The average Bonchev–Trinajstić information content (AvgIpc) is 3.23. The van der Waals surface area contributed by atoms with E-state index in [0.29, 0.717) is 11.6 Å². The van der Waals surface area contributed by atoms with Gasteiger partial charge < -0.3 is 4.74 Å². The molecule has 0 spiro atoms. The molecule has 0 fully saturated rings. The van der Waals surface area contributed by atoms with Crippen molar-refractivity contribution in [3.63, 3.8) is 0 Å². The van der Waals surface area contributed by atoms with E-state index in [4.69, 9.17) is 21.4 Å². The second kappa shape index (κ2) is 12.2. The van der Waals surface area contributed by atoms with E-state index < -0.39 is 0 Å². The van der Waals surface area contributed by atoms with Gasteiger partial charge in [0.2, 0.25) is 5.16 Å². The second-order valence-corrected chi connectivity index (χ2v) is 9.87. The van der Waals surface area contributed by atoms with E-state index in [-0.39, 0.29) is 0 Å². The van der Waals surface area contributed by atoms with E-state index in [2.05, 4.69) is 45.2 Å². The van der Waals surface area contributed by atoms with Crippen molar-refractivity contribution in [2.75, 3.05) is 0 Å². The Balaban J connectivity index is 1.52. The lowest BCUT2D eigenvalue weighted by Gasteiger charge is -2.10. The van der Waals surface area contributed by atoms with Gasteiger partial charge in [-0.15, -0.1) is 10.2 Å². The zero-order valence-electron chi connectivity index (χ0n) is 18.7. The van der Waals surface area contributed by atoms with Crippen molar-refractivity contribution in [3.05, 3.63) is 105 Å². The number of halogens is 2. The van der Waals surface area contributed by atoms with E-state index in [1.165, 1.54) is 5.56 Å². The van der Waals surface area contributed by atoms with Crippen LogP contribution in [0.5, 0.6) is 5.75 Å². The first-order chi connectivity index (χ1) is 16.6. The number of hydrogen-bond acceptors (Lipinski definition) is 5. The number of aryl methyl sites for hydroxylation is 1. The molecule has 4 aromatic rings. The molecule has 4 rings (SSSR count). The summed E-state index contributed by atoms with van der Waals surface area (Å²) >= 11 is 11.2. The summed E-state index contributed by atoms with van der Waals surface area (Å²) in [4.78, 5) is 0. The van der Waals surface area contributed by atoms with Crippen molar-refractivity contribution in [2.24, 2.45) is 5.10 Å². The van der Waals surface area contributed by atoms with Gasteiger partial charge in [-0.25, -0.2) is 0 Å². The number of ether oxygens (including phenoxy) is 1. The van der Waals surface area contributed by atoms with E-state index in [1.807, 2.05) is 65.3 Å². The third-order valence-corrected chi connectivity index (χ3v) is 6.70. The summed E-state index contributed by atoms with van der Waals surface area (Å²) in [5.74, 6) is 2.38. The molecule has 8 heteroatoms. The van der Waals surface area contributed by atoms with Crippen molar-refractivity contribution in [1.82, 2.24) is 14.9 Å². The number of nitrogens with zero attached hydrogens (tertiary/aromatic N) is 4. The molecule has 0 saturated heterocycles. The zero-order chi connectivity index (χ0) is 23.8. The van der Waals surface area contributed by atoms with Crippen LogP contribution in [0.3, 0.4) is 0 Å². The van der Waals surface area contributed by atoms with Gasteiger partial charge in [-0.05, 0) is 53.9 Å². The lowest BCUT2D eigenvalue weighted by atomic mass is 10.2. The number of aromatic nitrogens is 3. The van der Waals surface area contributed by atoms with Crippen molar-refractivity contribution in [2.45, 2.75) is 37.3 Å². The highest BCUT2D eigenvalue weighted by Gasteiger charge is 2.12. The van der Waals surface area contributed by atoms with Crippen LogP contribution in [0.15, 0.2) is 87.5 Å². The third kappa shape index (κ3) is 6.72. The van der Waals surface area contributed by atoms with Crippen LogP contribution in [0.2, 0.25) is 5.02 Å². The lowest BCUT2D eigenvalue weighted by molar-refractivity contribution is 0.306. The first-order valence-corrected chi connectivity index (χ1v) is 13.1. The topological polar surface area (TPSA) is 52.3 Å². The maximum atomic E-state index is 6.10. The van der Waals surface area contributed by atoms with Gasteiger partial charge in [0.15, 0.2) is 5.82 Å². The summed E-state index contributed by atoms with van der Waals surface area (Å²) in [5, 5.41) is 15.0. The molecular formula is C26H24BrClN4OS. The van der Waals surface area contributed by atoms with Gasteiger partial charge >= 0.3 is 0 Å². The number of rotatable bonds is 10. The Morgan fingerprint density at radius 1 is 1.03 bits per heavy atom. The molecular weight excluding hydrogens is 532 g/mol. The van der Waals surface area contributed by atoms with Crippen molar-refractivity contribution < 1.29 is 4.74 Å². The molecule has 0 aliphatic carbocycles. The van der Waals surface area contributed by atoms with Gasteiger partial charge in [-0.3, -0.25) is 0 Å². The van der Waals surface area contributed by atoms with Gasteiger partial charge in [-0.2, -0.15) is 9.78 Å². The molecule has 0 amide bonds. The Hall–Kier alpha value is -2.61. The average molecular weight is 556 g/mol. The predicted molar refractivity (Wildman–Crippen MR) is 143 cm³/mol. The number of thioether (sulfide) groups is 1. The molecule has 0 aliphatic heterocycles. The van der Waals surface area contributed by atoms with Crippen LogP contribution in [0, 0.1) is 0 Å². The maximum Gasteiger partial charge on any atom is 0.212 e. The molecule has 1 heterocycles. The highest BCUT2D eigenvalue weighted by atomic mass is 79.9. The minimum atomic E-state index is 0.424. The molecule has 0 atom stereocenters. The first kappa shape index (κ1) is 24.5. The van der Waals surface area contributed by atoms with Crippen LogP contribution in [0.25, 0.3) is 0 Å². The zero-order valence-corrected chi connectivity index (χ0v) is 21.9. The molecule has 0 unspecified atom stereocenters. The third-order valence-electron chi connectivity index (χ3n) is 4.95. The van der Waals surface area contributed by atoms with Crippen LogP contribution >= 0.6 is 39.3 Å². The van der Waals surface area contributed by atoms with Gasteiger partial charge in [0.25, 0.3) is 0 Å². The van der Waals surface area contributed by atoms with E-state index in [1.54, 1.807) is 18.0 Å². The fraction of sp³-hybridized carbons (Fsp3) is 0.192. The minimum absolute atomic E-state index is 0.424. The smallest absolute Gasteiger partial charge is 0.212 e. The maximum absolute atomic E-state index is 6.10.